The average molecular weight is 856 g/mol. The minimum atomic E-state index is 1.10. The third kappa shape index (κ3) is 6.37. The summed E-state index contributed by atoms with van der Waals surface area (Å²) in [6.45, 7) is 0. The molecule has 0 spiro atoms. The van der Waals surface area contributed by atoms with Crippen LogP contribution in [0.5, 0.6) is 0 Å². The van der Waals surface area contributed by atoms with Gasteiger partial charge < -0.3 is 4.90 Å². The molecule has 0 aliphatic rings. The molecule has 13 aromatic rings. The van der Waals surface area contributed by atoms with Crippen molar-refractivity contribution in [3.05, 3.63) is 249 Å². The Kier molecular flexibility index (Phi) is 9.11. The van der Waals surface area contributed by atoms with Crippen molar-refractivity contribution in [1.82, 2.24) is 0 Å². The van der Waals surface area contributed by atoms with Crippen molar-refractivity contribution < 1.29 is 0 Å². The van der Waals surface area contributed by atoms with Gasteiger partial charge >= 0.3 is 0 Å². The van der Waals surface area contributed by atoms with Gasteiger partial charge in [-0.3, -0.25) is 0 Å². The van der Waals surface area contributed by atoms with E-state index in [1.165, 1.54) is 102 Å². The van der Waals surface area contributed by atoms with Crippen LogP contribution < -0.4 is 4.90 Å². The van der Waals surface area contributed by atoms with E-state index in [0.29, 0.717) is 0 Å². The summed E-state index contributed by atoms with van der Waals surface area (Å²) < 4.78 is 2.65. The molecular weight excluding hydrogens is 815 g/mol. The van der Waals surface area contributed by atoms with E-state index in [1.54, 1.807) is 0 Å². The molecule has 13 rings (SSSR count). The van der Waals surface area contributed by atoms with Gasteiger partial charge in [-0.25, -0.2) is 0 Å². The Morgan fingerprint density at radius 3 is 1.59 bits per heavy atom. The molecule has 1 nitrogen and oxygen atoms in total. The molecule has 1 aromatic heterocycles. The van der Waals surface area contributed by atoms with Crippen molar-refractivity contribution in [3.63, 3.8) is 0 Å². The molecule has 12 aromatic carbocycles. The first-order chi connectivity index (χ1) is 32.7. The van der Waals surface area contributed by atoms with Crippen LogP contribution >= 0.6 is 11.3 Å². The lowest BCUT2D eigenvalue weighted by atomic mass is 9.84. The second kappa shape index (κ2) is 15.7. The number of fused-ring (bicyclic) bond motifs is 9. The Morgan fingerprint density at radius 2 is 0.788 bits per heavy atom. The van der Waals surface area contributed by atoms with E-state index in [9.17, 15) is 0 Å². The van der Waals surface area contributed by atoms with Crippen molar-refractivity contribution in [2.75, 3.05) is 4.90 Å². The SMILES string of the molecule is c1ccc(-c2c(-c3ccccc3)c3cc(-c4cccc(N(c5ccc(-c6cccc7c6sc6ccccc67)cc5)c5ccc6c(ccc7ccccc76)c5)c4)ccc3c3ccccc23)cc1. The van der Waals surface area contributed by atoms with Crippen LogP contribution in [0.2, 0.25) is 0 Å². The second-order valence-electron chi connectivity index (χ2n) is 17.2. The average Bonchev–Trinajstić information content (AvgIpc) is 3.78. The summed E-state index contributed by atoms with van der Waals surface area (Å²) in [6.07, 6.45) is 0. The van der Waals surface area contributed by atoms with Gasteiger partial charge in [-0.15, -0.1) is 11.3 Å². The van der Waals surface area contributed by atoms with Crippen LogP contribution in [0.15, 0.2) is 249 Å². The number of hydrogen-bond acceptors (Lipinski definition) is 2. The first kappa shape index (κ1) is 38.2. The number of rotatable bonds is 7. The highest BCUT2D eigenvalue weighted by Crippen LogP contribution is 2.47. The van der Waals surface area contributed by atoms with Crippen LogP contribution in [0.1, 0.15) is 0 Å². The number of benzene rings is 12. The van der Waals surface area contributed by atoms with Crippen LogP contribution in [0.3, 0.4) is 0 Å². The summed E-state index contributed by atoms with van der Waals surface area (Å²) in [5.74, 6) is 0. The fraction of sp³-hybridized carbons (Fsp3) is 0. The van der Waals surface area contributed by atoms with E-state index in [2.05, 4.69) is 254 Å². The zero-order chi connectivity index (χ0) is 43.6. The number of anilines is 3. The minimum absolute atomic E-state index is 1.10. The van der Waals surface area contributed by atoms with E-state index in [-0.39, 0.29) is 0 Å². The predicted octanol–water partition coefficient (Wildman–Crippen LogP) is 18.8. The van der Waals surface area contributed by atoms with Gasteiger partial charge in [-0.1, -0.05) is 200 Å². The third-order valence-corrected chi connectivity index (χ3v) is 14.6. The maximum Gasteiger partial charge on any atom is 0.0468 e. The molecule has 2 heteroatoms. The van der Waals surface area contributed by atoms with Crippen molar-refractivity contribution in [2.45, 2.75) is 0 Å². The summed E-state index contributed by atoms with van der Waals surface area (Å²) in [4.78, 5) is 2.42. The lowest BCUT2D eigenvalue weighted by molar-refractivity contribution is 1.29. The maximum atomic E-state index is 2.42. The highest BCUT2D eigenvalue weighted by molar-refractivity contribution is 7.26. The molecule has 0 atom stereocenters. The Balaban J connectivity index is 0.984. The van der Waals surface area contributed by atoms with Crippen LogP contribution in [0.4, 0.5) is 17.1 Å². The van der Waals surface area contributed by atoms with Crippen molar-refractivity contribution in [1.29, 1.82) is 0 Å². The lowest BCUT2D eigenvalue weighted by Crippen LogP contribution is -2.10. The molecule has 0 saturated carbocycles. The molecule has 308 valence electrons. The number of thiophene rings is 1. The van der Waals surface area contributed by atoms with Crippen molar-refractivity contribution in [2.24, 2.45) is 0 Å². The lowest BCUT2D eigenvalue weighted by Gasteiger charge is -2.27. The van der Waals surface area contributed by atoms with E-state index < -0.39 is 0 Å². The van der Waals surface area contributed by atoms with E-state index in [1.807, 2.05) is 11.3 Å². The van der Waals surface area contributed by atoms with Gasteiger partial charge in [0.15, 0.2) is 0 Å². The van der Waals surface area contributed by atoms with Crippen LogP contribution in [0, 0.1) is 0 Å². The molecule has 0 aliphatic heterocycles. The fourth-order valence-electron chi connectivity index (χ4n) is 10.4. The van der Waals surface area contributed by atoms with Crippen LogP contribution in [-0.4, -0.2) is 0 Å². The molecule has 0 bridgehead atoms. The van der Waals surface area contributed by atoms with Gasteiger partial charge in [0.05, 0.1) is 0 Å². The largest absolute Gasteiger partial charge is 0.310 e. The Morgan fingerprint density at radius 1 is 0.258 bits per heavy atom. The molecule has 0 saturated heterocycles. The monoisotopic (exact) mass is 855 g/mol. The minimum Gasteiger partial charge on any atom is -0.310 e. The Bertz CT molecular complexity index is 3980. The van der Waals surface area contributed by atoms with E-state index in [4.69, 9.17) is 0 Å². The van der Waals surface area contributed by atoms with Crippen molar-refractivity contribution >= 4 is 91.7 Å². The molecule has 0 unspecified atom stereocenters. The van der Waals surface area contributed by atoms with E-state index in [0.717, 1.165) is 22.6 Å². The van der Waals surface area contributed by atoms with Gasteiger partial charge in [0.1, 0.15) is 0 Å². The first-order valence-electron chi connectivity index (χ1n) is 22.7. The topological polar surface area (TPSA) is 3.24 Å². The molecule has 0 fully saturated rings. The van der Waals surface area contributed by atoms with Crippen molar-refractivity contribution in [3.8, 4) is 44.5 Å². The van der Waals surface area contributed by atoms with Crippen LogP contribution in [0.25, 0.3) is 108 Å². The molecule has 0 N–H and O–H groups in total. The molecule has 0 aliphatic carbocycles. The normalized spacial score (nSPS) is 11.6. The first-order valence-corrected chi connectivity index (χ1v) is 23.5. The summed E-state index contributed by atoms with van der Waals surface area (Å²) in [7, 11) is 0. The third-order valence-electron chi connectivity index (χ3n) is 13.4. The highest BCUT2D eigenvalue weighted by Gasteiger charge is 2.20. The summed E-state index contributed by atoms with van der Waals surface area (Å²) in [5, 5.41) is 12.6. The Hall–Kier alpha value is -8.30. The molecule has 66 heavy (non-hydrogen) atoms. The van der Waals surface area contributed by atoms with Gasteiger partial charge in [0.2, 0.25) is 0 Å². The van der Waals surface area contributed by atoms with Gasteiger partial charge in [-0.05, 0) is 136 Å². The molecular formula is C64H41NS. The standard InChI is InChI=1S/C64H41NS/c1-3-16-44(17-4-1)62-58-25-10-9-23-55(58)56-37-33-47(41-60(56)63(62)45-18-5-2-6-19-45)46-20-13-21-50(39-46)65(51-36-38-53-48(40-51)30-29-42-15-7-8-22-52(42)53)49-34-31-43(32-35-49)54-26-14-27-59-57-24-11-12-28-61(57)66-64(54)59/h1-41H. The van der Waals surface area contributed by atoms with Gasteiger partial charge in [-0.2, -0.15) is 0 Å². The van der Waals surface area contributed by atoms with Gasteiger partial charge in [0.25, 0.3) is 0 Å². The van der Waals surface area contributed by atoms with Crippen LogP contribution in [-0.2, 0) is 0 Å². The zero-order valence-electron chi connectivity index (χ0n) is 36.0. The second-order valence-corrected chi connectivity index (χ2v) is 18.2. The quantitative estimate of drug-likeness (QED) is 0.144. The molecule has 0 radical (unpaired) electrons. The molecule has 1 heterocycles. The molecule has 0 amide bonds. The Labute approximate surface area is 387 Å². The maximum absolute atomic E-state index is 2.42. The smallest absolute Gasteiger partial charge is 0.0468 e. The predicted molar refractivity (Wildman–Crippen MR) is 286 cm³/mol. The summed E-state index contributed by atoms with van der Waals surface area (Å²) >= 11 is 1.88. The van der Waals surface area contributed by atoms with E-state index >= 15 is 0 Å². The number of nitrogens with zero attached hydrogens (tertiary/aromatic N) is 1. The fourth-order valence-corrected chi connectivity index (χ4v) is 11.6. The summed E-state index contributed by atoms with van der Waals surface area (Å²) in [5.41, 5.74) is 13.1. The number of hydrogen-bond donors (Lipinski definition) is 0. The summed E-state index contributed by atoms with van der Waals surface area (Å²) in [6, 6.07) is 91.5. The highest BCUT2D eigenvalue weighted by atomic mass is 32.1. The zero-order valence-corrected chi connectivity index (χ0v) is 36.8. The van der Waals surface area contributed by atoms with Gasteiger partial charge in [0, 0.05) is 37.2 Å².